The van der Waals surface area contributed by atoms with Crippen LogP contribution in [0, 0.1) is 0 Å². The lowest BCUT2D eigenvalue weighted by Crippen LogP contribution is -2.46. The van der Waals surface area contributed by atoms with Crippen LogP contribution in [-0.2, 0) is 6.54 Å². The summed E-state index contributed by atoms with van der Waals surface area (Å²) >= 11 is 0. The monoisotopic (exact) mass is 367 g/mol. The van der Waals surface area contributed by atoms with E-state index in [2.05, 4.69) is 50.4 Å². The Kier molecular flexibility index (Phi) is 6.79. The summed E-state index contributed by atoms with van der Waals surface area (Å²) in [6.07, 6.45) is 1.73. The van der Waals surface area contributed by atoms with E-state index in [9.17, 15) is 4.79 Å². The average Bonchev–Trinajstić information content (AvgIpc) is 2.69. The fourth-order valence-electron chi connectivity index (χ4n) is 3.23. The van der Waals surface area contributed by atoms with Crippen LogP contribution in [0.5, 0.6) is 0 Å². The predicted molar refractivity (Wildman–Crippen MR) is 109 cm³/mol. The van der Waals surface area contributed by atoms with Crippen LogP contribution in [0.4, 0.5) is 5.69 Å². The number of nitrogens with one attached hydrogen (secondary N) is 1. The molecule has 0 spiro atoms. The van der Waals surface area contributed by atoms with Crippen LogP contribution < -0.4 is 10.2 Å². The maximum atomic E-state index is 12.3. The second-order valence-corrected chi connectivity index (χ2v) is 7.21. The number of anilines is 1. The van der Waals surface area contributed by atoms with Gasteiger partial charge in [-0.1, -0.05) is 30.3 Å². The Morgan fingerprint density at radius 1 is 1.11 bits per heavy atom. The zero-order chi connectivity index (χ0) is 19.1. The van der Waals surface area contributed by atoms with Crippen molar-refractivity contribution >= 4 is 11.6 Å². The van der Waals surface area contributed by atoms with E-state index in [0.29, 0.717) is 12.2 Å². The van der Waals surface area contributed by atoms with Gasteiger partial charge in [-0.05, 0) is 31.8 Å². The molecule has 0 saturated carbocycles. The molecule has 1 amide bonds. The molecule has 0 unspecified atom stereocenters. The van der Waals surface area contributed by atoms with Gasteiger partial charge in [0.15, 0.2) is 0 Å². The number of piperazine rings is 1. The van der Waals surface area contributed by atoms with E-state index in [1.165, 1.54) is 5.56 Å². The SMILES string of the molecule is CN(C)CCNC(=O)c1cc(N2CCN(Cc3ccccc3)CC2)ccn1. The summed E-state index contributed by atoms with van der Waals surface area (Å²) in [5.41, 5.74) is 2.91. The zero-order valence-corrected chi connectivity index (χ0v) is 16.3. The van der Waals surface area contributed by atoms with E-state index in [-0.39, 0.29) is 5.91 Å². The molecule has 144 valence electrons. The largest absolute Gasteiger partial charge is 0.369 e. The summed E-state index contributed by atoms with van der Waals surface area (Å²) in [7, 11) is 3.98. The van der Waals surface area contributed by atoms with E-state index in [1.807, 2.05) is 31.1 Å². The van der Waals surface area contributed by atoms with E-state index in [1.54, 1.807) is 6.20 Å². The molecule has 27 heavy (non-hydrogen) atoms. The fraction of sp³-hybridized carbons (Fsp3) is 0.429. The highest BCUT2D eigenvalue weighted by atomic mass is 16.1. The van der Waals surface area contributed by atoms with Crippen LogP contribution in [0.2, 0.25) is 0 Å². The van der Waals surface area contributed by atoms with Crippen molar-refractivity contribution in [2.24, 2.45) is 0 Å². The highest BCUT2D eigenvalue weighted by Gasteiger charge is 2.18. The maximum Gasteiger partial charge on any atom is 0.269 e. The van der Waals surface area contributed by atoms with Gasteiger partial charge in [0.2, 0.25) is 0 Å². The van der Waals surface area contributed by atoms with Crippen LogP contribution >= 0.6 is 0 Å². The molecule has 1 fully saturated rings. The quantitative estimate of drug-likeness (QED) is 0.807. The van der Waals surface area contributed by atoms with Crippen molar-refractivity contribution in [3.05, 3.63) is 59.9 Å². The van der Waals surface area contributed by atoms with Crippen LogP contribution in [0.3, 0.4) is 0 Å². The molecule has 0 radical (unpaired) electrons. The van der Waals surface area contributed by atoms with Gasteiger partial charge in [-0.3, -0.25) is 14.7 Å². The van der Waals surface area contributed by atoms with Crippen molar-refractivity contribution in [1.29, 1.82) is 0 Å². The second-order valence-electron chi connectivity index (χ2n) is 7.21. The number of hydrogen-bond donors (Lipinski definition) is 1. The molecule has 2 heterocycles. The first kappa shape index (κ1) is 19.3. The first-order valence-electron chi connectivity index (χ1n) is 9.52. The molecule has 1 aliphatic rings. The summed E-state index contributed by atoms with van der Waals surface area (Å²) in [5, 5.41) is 2.92. The molecule has 1 aliphatic heterocycles. The van der Waals surface area contributed by atoms with E-state index < -0.39 is 0 Å². The van der Waals surface area contributed by atoms with E-state index >= 15 is 0 Å². The van der Waals surface area contributed by atoms with Crippen molar-refractivity contribution in [3.63, 3.8) is 0 Å². The van der Waals surface area contributed by atoms with Gasteiger partial charge in [-0.15, -0.1) is 0 Å². The third kappa shape index (κ3) is 5.77. The molecule has 6 nitrogen and oxygen atoms in total. The first-order chi connectivity index (χ1) is 13.1. The molecule has 0 bridgehead atoms. The van der Waals surface area contributed by atoms with Crippen molar-refractivity contribution in [2.45, 2.75) is 6.54 Å². The zero-order valence-electron chi connectivity index (χ0n) is 16.3. The molecule has 1 aromatic heterocycles. The highest BCUT2D eigenvalue weighted by Crippen LogP contribution is 2.18. The molecule has 1 N–H and O–H groups in total. The minimum Gasteiger partial charge on any atom is -0.369 e. The van der Waals surface area contributed by atoms with Gasteiger partial charge in [-0.2, -0.15) is 0 Å². The molecule has 6 heteroatoms. The minimum absolute atomic E-state index is 0.110. The lowest BCUT2D eigenvalue weighted by Gasteiger charge is -2.36. The van der Waals surface area contributed by atoms with Crippen LogP contribution in [0.15, 0.2) is 48.7 Å². The Balaban J connectivity index is 1.53. The summed E-state index contributed by atoms with van der Waals surface area (Å²) in [6, 6.07) is 14.5. The maximum absolute atomic E-state index is 12.3. The van der Waals surface area contributed by atoms with Gasteiger partial charge in [0, 0.05) is 57.7 Å². The summed E-state index contributed by atoms with van der Waals surface area (Å²) in [5.74, 6) is -0.110. The molecule has 1 aromatic carbocycles. The number of rotatable bonds is 7. The van der Waals surface area contributed by atoms with Crippen molar-refractivity contribution in [3.8, 4) is 0 Å². The third-order valence-electron chi connectivity index (χ3n) is 4.81. The van der Waals surface area contributed by atoms with Gasteiger partial charge >= 0.3 is 0 Å². The van der Waals surface area contributed by atoms with Crippen molar-refractivity contribution in [2.75, 3.05) is 58.3 Å². The Morgan fingerprint density at radius 3 is 2.56 bits per heavy atom. The van der Waals surface area contributed by atoms with Crippen LogP contribution in [0.25, 0.3) is 0 Å². The number of carbonyl (C=O) groups is 1. The number of carbonyl (C=O) groups excluding carboxylic acids is 1. The number of hydrogen-bond acceptors (Lipinski definition) is 5. The number of benzene rings is 1. The normalized spacial score (nSPS) is 15.1. The summed E-state index contributed by atoms with van der Waals surface area (Å²) in [4.78, 5) is 23.4. The lowest BCUT2D eigenvalue weighted by molar-refractivity contribution is 0.0946. The first-order valence-corrected chi connectivity index (χ1v) is 9.52. The summed E-state index contributed by atoms with van der Waals surface area (Å²) in [6.45, 7) is 6.37. The standard InChI is InChI=1S/C21H29N5O/c1-24(2)11-10-23-21(27)20-16-19(8-9-22-20)26-14-12-25(13-15-26)17-18-6-4-3-5-7-18/h3-9,16H,10-15,17H2,1-2H3,(H,23,27). The Morgan fingerprint density at radius 2 is 1.85 bits per heavy atom. The van der Waals surface area contributed by atoms with Gasteiger partial charge in [0.05, 0.1) is 0 Å². The number of nitrogens with zero attached hydrogens (tertiary/aromatic N) is 4. The van der Waals surface area contributed by atoms with Crippen LogP contribution in [-0.4, -0.2) is 74.1 Å². The average molecular weight is 367 g/mol. The topological polar surface area (TPSA) is 51.7 Å². The Labute approximate surface area is 161 Å². The molecule has 3 rings (SSSR count). The van der Waals surface area contributed by atoms with Crippen molar-refractivity contribution in [1.82, 2.24) is 20.1 Å². The minimum atomic E-state index is -0.110. The van der Waals surface area contributed by atoms with Crippen molar-refractivity contribution < 1.29 is 4.79 Å². The number of amides is 1. The summed E-state index contributed by atoms with van der Waals surface area (Å²) < 4.78 is 0. The highest BCUT2D eigenvalue weighted by molar-refractivity contribution is 5.93. The molecular formula is C21H29N5O. The van der Waals surface area contributed by atoms with E-state index in [4.69, 9.17) is 0 Å². The lowest BCUT2D eigenvalue weighted by atomic mass is 10.2. The second kappa shape index (κ2) is 9.48. The van der Waals surface area contributed by atoms with E-state index in [0.717, 1.165) is 45.0 Å². The third-order valence-corrected chi connectivity index (χ3v) is 4.81. The van der Waals surface area contributed by atoms with Gasteiger partial charge in [0.1, 0.15) is 5.69 Å². The van der Waals surface area contributed by atoms with Gasteiger partial charge < -0.3 is 15.1 Å². The number of pyridine rings is 1. The van der Waals surface area contributed by atoms with Gasteiger partial charge in [0.25, 0.3) is 5.91 Å². The smallest absolute Gasteiger partial charge is 0.269 e. The molecule has 0 atom stereocenters. The fourth-order valence-corrected chi connectivity index (χ4v) is 3.23. The molecule has 2 aromatic rings. The van der Waals surface area contributed by atoms with Gasteiger partial charge in [-0.25, -0.2) is 0 Å². The number of aromatic nitrogens is 1. The molecular weight excluding hydrogens is 338 g/mol. The van der Waals surface area contributed by atoms with Crippen LogP contribution in [0.1, 0.15) is 16.1 Å². The Bertz CT molecular complexity index is 726. The molecule has 1 saturated heterocycles. The molecule has 0 aliphatic carbocycles. The number of likely N-dealkylation sites (N-methyl/N-ethyl adjacent to an activating group) is 1. The predicted octanol–water partition coefficient (Wildman–Crippen LogP) is 1.70. The Hall–Kier alpha value is -2.44.